The second-order valence-electron chi connectivity index (χ2n) is 3.36. The molecule has 0 radical (unpaired) electrons. The molecule has 0 atom stereocenters. The Labute approximate surface area is 83.6 Å². The van der Waals surface area contributed by atoms with Gasteiger partial charge >= 0.3 is 0 Å². The largest absolute Gasteiger partial charge is 0.319 e. The van der Waals surface area contributed by atoms with Gasteiger partial charge in [0.1, 0.15) is 7.14 Å². The molecule has 0 saturated carbocycles. The normalized spacial score (nSPS) is 12.8. The minimum atomic E-state index is -3.79. The number of sulfonamides is 1. The third-order valence-corrected chi connectivity index (χ3v) is 4.42. The lowest BCUT2D eigenvalue weighted by Crippen LogP contribution is -2.21. The number of primary sulfonamides is 1. The van der Waals surface area contributed by atoms with Gasteiger partial charge in [0.05, 0.1) is 4.90 Å². The summed E-state index contributed by atoms with van der Waals surface area (Å²) >= 11 is 0. The smallest absolute Gasteiger partial charge is 0.238 e. The molecule has 1 rings (SSSR count). The van der Waals surface area contributed by atoms with Gasteiger partial charge in [-0.2, -0.15) is 0 Å². The summed E-state index contributed by atoms with van der Waals surface area (Å²) in [6, 6.07) is 6.09. The van der Waals surface area contributed by atoms with Crippen molar-refractivity contribution in [2.45, 2.75) is 4.90 Å². The summed E-state index contributed by atoms with van der Waals surface area (Å²) in [5.41, 5.74) is 0. The Bertz CT molecular complexity index is 489. The van der Waals surface area contributed by atoms with Crippen LogP contribution in [0.3, 0.4) is 0 Å². The molecule has 1 aromatic carbocycles. The number of benzene rings is 1. The van der Waals surface area contributed by atoms with E-state index in [0.29, 0.717) is 5.30 Å². The van der Waals surface area contributed by atoms with E-state index >= 15 is 0 Å². The summed E-state index contributed by atoms with van der Waals surface area (Å²) in [4.78, 5) is -0.0478. The van der Waals surface area contributed by atoms with Crippen molar-refractivity contribution < 1.29 is 13.0 Å². The fourth-order valence-corrected chi connectivity index (χ4v) is 3.86. The monoisotopic (exact) mass is 233 g/mol. The van der Waals surface area contributed by atoms with Crippen LogP contribution < -0.4 is 10.4 Å². The van der Waals surface area contributed by atoms with Crippen molar-refractivity contribution in [1.82, 2.24) is 0 Å². The van der Waals surface area contributed by atoms with Gasteiger partial charge in [0.2, 0.25) is 10.0 Å². The molecule has 1 aromatic rings. The quantitative estimate of drug-likeness (QED) is 0.759. The van der Waals surface area contributed by atoms with Crippen LogP contribution in [0.25, 0.3) is 0 Å². The van der Waals surface area contributed by atoms with Crippen molar-refractivity contribution in [3.63, 3.8) is 0 Å². The van der Waals surface area contributed by atoms with Crippen molar-refractivity contribution in [3.8, 4) is 0 Å². The highest BCUT2D eigenvalue weighted by Crippen LogP contribution is 2.36. The first-order valence-electron chi connectivity index (χ1n) is 3.90. The van der Waals surface area contributed by atoms with E-state index in [0.717, 1.165) is 0 Å². The Morgan fingerprint density at radius 3 is 2.07 bits per heavy atom. The topological polar surface area (TPSA) is 77.2 Å². The maximum absolute atomic E-state index is 11.8. The Morgan fingerprint density at radius 2 is 1.71 bits per heavy atom. The lowest BCUT2D eigenvalue weighted by atomic mass is 10.4. The molecule has 2 N–H and O–H groups in total. The van der Waals surface area contributed by atoms with Gasteiger partial charge in [0.15, 0.2) is 0 Å². The molecular weight excluding hydrogens is 221 g/mol. The summed E-state index contributed by atoms with van der Waals surface area (Å²) in [6.45, 7) is 3.02. The van der Waals surface area contributed by atoms with Crippen molar-refractivity contribution in [1.29, 1.82) is 0 Å². The lowest BCUT2D eigenvalue weighted by Gasteiger charge is -2.10. The third-order valence-electron chi connectivity index (χ3n) is 1.75. The third kappa shape index (κ3) is 2.44. The van der Waals surface area contributed by atoms with Gasteiger partial charge in [-0.1, -0.05) is 18.2 Å². The molecule has 4 nitrogen and oxygen atoms in total. The van der Waals surface area contributed by atoms with Crippen LogP contribution in [0.4, 0.5) is 0 Å². The summed E-state index contributed by atoms with van der Waals surface area (Å²) < 4.78 is 34.1. The van der Waals surface area contributed by atoms with Crippen LogP contribution in [-0.4, -0.2) is 21.7 Å². The van der Waals surface area contributed by atoms with Crippen LogP contribution >= 0.6 is 7.14 Å². The number of nitrogens with two attached hydrogens (primary N) is 1. The molecule has 0 bridgehead atoms. The van der Waals surface area contributed by atoms with E-state index in [1.165, 1.54) is 25.5 Å². The van der Waals surface area contributed by atoms with Gasteiger partial charge in [-0.05, 0) is 19.4 Å². The highest BCUT2D eigenvalue weighted by Gasteiger charge is 2.21. The zero-order chi connectivity index (χ0) is 11.0. The summed E-state index contributed by atoms with van der Waals surface area (Å²) in [5, 5.41) is 5.31. The number of hydrogen-bond donors (Lipinski definition) is 1. The first kappa shape index (κ1) is 11.4. The van der Waals surface area contributed by atoms with Crippen LogP contribution in [0.15, 0.2) is 29.2 Å². The minimum absolute atomic E-state index is 0.0478. The van der Waals surface area contributed by atoms with E-state index in [1.54, 1.807) is 12.1 Å². The lowest BCUT2D eigenvalue weighted by molar-refractivity contribution is 0.586. The maximum atomic E-state index is 11.8. The highest BCUT2D eigenvalue weighted by molar-refractivity contribution is 7.90. The van der Waals surface area contributed by atoms with E-state index in [1.807, 2.05) is 0 Å². The van der Waals surface area contributed by atoms with Gasteiger partial charge in [-0.25, -0.2) is 13.6 Å². The molecule has 78 valence electrons. The van der Waals surface area contributed by atoms with E-state index in [2.05, 4.69) is 0 Å². The van der Waals surface area contributed by atoms with Crippen LogP contribution in [0.1, 0.15) is 0 Å². The molecule has 0 fully saturated rings. The van der Waals surface area contributed by atoms with Gasteiger partial charge < -0.3 is 4.57 Å². The molecule has 0 aliphatic carbocycles. The predicted molar refractivity (Wildman–Crippen MR) is 56.9 cm³/mol. The first-order valence-corrected chi connectivity index (χ1v) is 8.05. The Balaban J connectivity index is 3.55. The fourth-order valence-electron chi connectivity index (χ4n) is 1.14. The molecule has 0 amide bonds. The van der Waals surface area contributed by atoms with Crippen molar-refractivity contribution >= 4 is 22.5 Å². The molecule has 6 heteroatoms. The zero-order valence-electron chi connectivity index (χ0n) is 7.97. The van der Waals surface area contributed by atoms with Crippen LogP contribution in [-0.2, 0) is 14.6 Å². The molecule has 0 heterocycles. The maximum Gasteiger partial charge on any atom is 0.238 e. The fraction of sp³-hybridized carbons (Fsp3) is 0.250. The Kier molecular flexibility index (Phi) is 2.86. The van der Waals surface area contributed by atoms with E-state index in [9.17, 15) is 13.0 Å². The highest BCUT2D eigenvalue weighted by atomic mass is 32.2. The minimum Gasteiger partial charge on any atom is -0.319 e. The standard InChI is InChI=1S/C8H12NO3PS/c1-13(2,10)7-5-3-4-6-8(7)14(9,11)12/h3-6H,1-2H3,(H2,9,11,12). The van der Waals surface area contributed by atoms with Crippen molar-refractivity contribution in [2.75, 3.05) is 13.3 Å². The number of hydrogen-bond acceptors (Lipinski definition) is 3. The Hall–Kier alpha value is -0.640. The van der Waals surface area contributed by atoms with Gasteiger partial charge in [0, 0.05) is 5.30 Å². The molecule has 0 unspecified atom stereocenters. The van der Waals surface area contributed by atoms with E-state index in [-0.39, 0.29) is 4.90 Å². The van der Waals surface area contributed by atoms with Gasteiger partial charge in [-0.3, -0.25) is 0 Å². The van der Waals surface area contributed by atoms with Crippen molar-refractivity contribution in [3.05, 3.63) is 24.3 Å². The summed E-state index contributed by atoms with van der Waals surface area (Å²) in [6.07, 6.45) is 0. The molecule has 0 aliphatic rings. The van der Waals surface area contributed by atoms with Crippen LogP contribution in [0.2, 0.25) is 0 Å². The molecule has 0 spiro atoms. The average Bonchev–Trinajstić information content (AvgIpc) is 2.01. The summed E-state index contributed by atoms with van der Waals surface area (Å²) in [7, 11) is -6.40. The molecule has 0 saturated heterocycles. The molecular formula is C8H12NO3PS. The molecule has 0 aromatic heterocycles. The van der Waals surface area contributed by atoms with E-state index in [4.69, 9.17) is 5.14 Å². The number of rotatable bonds is 2. The predicted octanol–water partition coefficient (Wildman–Crippen LogP) is 0.582. The zero-order valence-corrected chi connectivity index (χ0v) is 9.68. The Morgan fingerprint density at radius 1 is 1.21 bits per heavy atom. The molecule has 0 aliphatic heterocycles. The van der Waals surface area contributed by atoms with E-state index < -0.39 is 17.2 Å². The van der Waals surface area contributed by atoms with Crippen molar-refractivity contribution in [2.24, 2.45) is 5.14 Å². The summed E-state index contributed by atoms with van der Waals surface area (Å²) in [5.74, 6) is 0. The van der Waals surface area contributed by atoms with Gasteiger partial charge in [0.25, 0.3) is 0 Å². The SMILES string of the molecule is CP(C)(=O)c1ccccc1S(N)(=O)=O. The van der Waals surface area contributed by atoms with Crippen LogP contribution in [0, 0.1) is 0 Å². The average molecular weight is 233 g/mol. The van der Waals surface area contributed by atoms with Crippen LogP contribution in [0.5, 0.6) is 0 Å². The first-order chi connectivity index (χ1) is 6.23. The molecule has 14 heavy (non-hydrogen) atoms. The second kappa shape index (κ2) is 3.50. The van der Waals surface area contributed by atoms with Gasteiger partial charge in [-0.15, -0.1) is 0 Å². The second-order valence-corrected chi connectivity index (χ2v) is 8.08.